The lowest BCUT2D eigenvalue weighted by Gasteiger charge is -2.33. The van der Waals surface area contributed by atoms with Crippen LogP contribution in [-0.4, -0.2) is 150 Å². The molecule has 0 unspecified atom stereocenters. The van der Waals surface area contributed by atoms with Gasteiger partial charge < -0.3 is 51.1 Å². The van der Waals surface area contributed by atoms with Crippen LogP contribution in [0.5, 0.6) is 0 Å². The van der Waals surface area contributed by atoms with Crippen LogP contribution in [0.25, 0.3) is 50.8 Å². The minimum atomic E-state index is -0.629. The van der Waals surface area contributed by atoms with Crippen molar-refractivity contribution in [2.45, 2.75) is 77.4 Å². The van der Waals surface area contributed by atoms with Crippen LogP contribution >= 0.6 is 0 Å². The molecule has 3 aromatic carbocycles. The molecule has 6 aromatic heterocycles. The molecule has 0 radical (unpaired) electrons. The highest BCUT2D eigenvalue weighted by molar-refractivity contribution is 6.03. The van der Waals surface area contributed by atoms with E-state index in [1.54, 1.807) is 52.2 Å². The molecule has 0 spiro atoms. The summed E-state index contributed by atoms with van der Waals surface area (Å²) < 4.78 is 54.2. The number of carbonyl (C=O) groups is 5. The van der Waals surface area contributed by atoms with Crippen molar-refractivity contribution in [3.05, 3.63) is 178 Å². The van der Waals surface area contributed by atoms with Gasteiger partial charge in [-0.15, -0.1) is 0 Å². The fourth-order valence-corrected chi connectivity index (χ4v) is 13.2. The molecule has 15 rings (SSSR count). The van der Waals surface area contributed by atoms with E-state index in [2.05, 4.69) is 56.4 Å². The summed E-state index contributed by atoms with van der Waals surface area (Å²) in [5.41, 5.74) is 5.41. The molecule has 3 atom stereocenters. The standard InChI is InChI=1S/2C24H22FN7O2.C22H19FN6O3/c2*1-14(33)28-16-5-3-8-31(13-16)21-7-9-32(30-21)20-10-18(29-19-12-27-24(34)23(19)20)22-15(11-26)4-2-6-17(22)25;23-15-3-1-2-13(9-24)20(15)16-8-18(21-17(26-16)10-25-22(21)31)29-5-4-19(27-29)28-6-7-32-12-14(30)11-28/h2*2,4,6-7,9-10,16H,3,5,8,12-13H2,1H3,(H,27,34)(H,28,33);1-5,8,14,30H,6-7,10-12H2,(H,25,31)/t2*16-;14-/m100/s1. The minimum absolute atomic E-state index is 0.0458. The Bertz CT molecular complexity index is 4690. The molecule has 0 bridgehead atoms. The predicted octanol–water partition coefficient (Wildman–Crippen LogP) is 5.97. The lowest BCUT2D eigenvalue weighted by molar-refractivity contribution is -0.120. The molecular weight excluding hydrogens is 1290 g/mol. The first-order valence-corrected chi connectivity index (χ1v) is 32.2. The van der Waals surface area contributed by atoms with Gasteiger partial charge in [-0.1, -0.05) is 18.2 Å². The Morgan fingerprint density at radius 2 is 0.870 bits per heavy atom. The predicted molar refractivity (Wildman–Crippen MR) is 355 cm³/mol. The number of piperidine rings is 2. The number of rotatable bonds is 11. The molecule has 100 heavy (non-hydrogen) atoms. The second-order valence-corrected chi connectivity index (χ2v) is 24.4. The first kappa shape index (κ1) is 66.3. The summed E-state index contributed by atoms with van der Waals surface area (Å²) in [5.74, 6) is -0.629. The second-order valence-electron chi connectivity index (χ2n) is 24.4. The molecule has 30 heteroatoms. The van der Waals surface area contributed by atoms with E-state index in [1.807, 2.05) is 35.2 Å². The zero-order chi connectivity index (χ0) is 69.9. The van der Waals surface area contributed by atoms with E-state index in [1.165, 1.54) is 73.1 Å². The number of hydrogen-bond donors (Lipinski definition) is 6. The lowest BCUT2D eigenvalue weighted by Crippen LogP contribution is -2.47. The summed E-state index contributed by atoms with van der Waals surface area (Å²) >= 11 is 0. The van der Waals surface area contributed by atoms with Gasteiger partial charge in [0, 0.05) is 102 Å². The number of anilines is 3. The Morgan fingerprint density at radius 1 is 0.520 bits per heavy atom. The number of halogens is 3. The van der Waals surface area contributed by atoms with Crippen LogP contribution in [-0.2, 0) is 34.0 Å². The fraction of sp³-hybridized carbons (Fsp3) is 0.286. The molecule has 3 fully saturated rings. The zero-order valence-corrected chi connectivity index (χ0v) is 54.0. The average molecular weight is 1350 g/mol. The van der Waals surface area contributed by atoms with Gasteiger partial charge in [0.2, 0.25) is 11.8 Å². The van der Waals surface area contributed by atoms with Crippen molar-refractivity contribution >= 4 is 47.0 Å². The highest BCUT2D eigenvalue weighted by atomic mass is 19.1. The number of ether oxygens (including phenoxy) is 1. The summed E-state index contributed by atoms with van der Waals surface area (Å²) in [6, 6.07) is 29.2. The first-order valence-electron chi connectivity index (χ1n) is 32.2. The zero-order valence-electron chi connectivity index (χ0n) is 54.0. The van der Waals surface area contributed by atoms with Gasteiger partial charge in [-0.05, 0) is 80.3 Å². The minimum Gasteiger partial charge on any atom is -0.389 e. The Labute approximate surface area is 569 Å². The normalized spacial score (nSPS) is 17.4. The Hall–Kier alpha value is -12.3. The van der Waals surface area contributed by atoms with Gasteiger partial charge in [0.15, 0.2) is 17.5 Å². The summed E-state index contributed by atoms with van der Waals surface area (Å²) in [4.78, 5) is 80.2. The number of fused-ring (bicyclic) bond motifs is 3. The number of aliphatic hydroxyl groups excluding tert-OH is 1. The van der Waals surface area contributed by atoms with E-state index < -0.39 is 23.6 Å². The van der Waals surface area contributed by atoms with E-state index in [0.29, 0.717) is 101 Å². The van der Waals surface area contributed by atoms with Crippen molar-refractivity contribution < 1.29 is 47.0 Å². The van der Waals surface area contributed by atoms with E-state index in [0.717, 1.165) is 38.8 Å². The summed E-state index contributed by atoms with van der Waals surface area (Å²) in [5, 5.41) is 66.6. The number of pyridine rings is 3. The van der Waals surface area contributed by atoms with Gasteiger partial charge in [-0.3, -0.25) is 24.0 Å². The van der Waals surface area contributed by atoms with Crippen LogP contribution in [0.2, 0.25) is 0 Å². The average Bonchev–Trinajstić information content (AvgIpc) is 1.49. The SMILES string of the molecule is CC(=O)N[C@@H]1CCCN(c2ccn(-c3cc(-c4c(F)cccc4C#N)nc4c3C(=O)NC4)n2)C1.CC(=O)N[C@H]1CCCN(c2ccn(-c3cc(-c4c(F)cccc4C#N)nc4c3C(=O)NC4)n2)C1.N#Cc1cccc(F)c1-c1cc(-n2ccc(N3CCOC[C@@H](O)C3)n2)c2c(n1)CNC2=O. The molecule has 5 amide bonds. The number of aromatic nitrogens is 9. The summed E-state index contributed by atoms with van der Waals surface area (Å²) in [6.45, 7) is 8.18. The van der Waals surface area contributed by atoms with E-state index >= 15 is 0 Å². The van der Waals surface area contributed by atoms with Crippen molar-refractivity contribution in [1.29, 1.82) is 15.8 Å². The number of carbonyl (C=O) groups excluding carboxylic acids is 5. The van der Waals surface area contributed by atoms with Gasteiger partial charge in [-0.25, -0.2) is 42.2 Å². The third-order valence-corrected chi connectivity index (χ3v) is 17.7. The Morgan fingerprint density at radius 3 is 1.21 bits per heavy atom. The van der Waals surface area contributed by atoms with Crippen LogP contribution in [0.15, 0.2) is 110 Å². The molecule has 0 saturated carbocycles. The smallest absolute Gasteiger partial charge is 0.255 e. The van der Waals surface area contributed by atoms with Crippen LogP contribution in [0, 0.1) is 51.4 Å². The van der Waals surface area contributed by atoms with Crippen LogP contribution < -0.4 is 41.3 Å². The maximum Gasteiger partial charge on any atom is 0.255 e. The second kappa shape index (κ2) is 28.4. The maximum atomic E-state index is 14.7. The Balaban J connectivity index is 0.000000134. The molecule has 6 aliphatic heterocycles. The molecule has 506 valence electrons. The topological polar surface area (TPSA) is 348 Å². The van der Waals surface area contributed by atoms with Crippen molar-refractivity contribution in [1.82, 2.24) is 70.9 Å². The summed E-state index contributed by atoms with van der Waals surface area (Å²) in [7, 11) is 0. The van der Waals surface area contributed by atoms with Crippen molar-refractivity contribution in [2.75, 3.05) is 67.2 Å². The molecule has 0 aliphatic carbocycles. The summed E-state index contributed by atoms with van der Waals surface area (Å²) in [6.07, 6.45) is 8.20. The Kier molecular flexibility index (Phi) is 18.8. The van der Waals surface area contributed by atoms with Gasteiger partial charge in [-0.2, -0.15) is 31.1 Å². The third-order valence-electron chi connectivity index (χ3n) is 17.7. The van der Waals surface area contributed by atoms with Gasteiger partial charge in [0.1, 0.15) is 17.5 Å². The number of aliphatic hydroxyl groups is 1. The maximum absolute atomic E-state index is 14.7. The number of nitrogens with zero attached hydrogens (tertiary/aromatic N) is 15. The van der Waals surface area contributed by atoms with E-state index in [4.69, 9.17) is 14.9 Å². The van der Waals surface area contributed by atoms with Crippen LogP contribution in [0.4, 0.5) is 30.6 Å². The van der Waals surface area contributed by atoms with Gasteiger partial charge in [0.25, 0.3) is 17.7 Å². The molecule has 3 saturated heterocycles. The van der Waals surface area contributed by atoms with E-state index in [9.17, 15) is 58.0 Å². The fourth-order valence-electron chi connectivity index (χ4n) is 13.2. The molecule has 6 N–H and O–H groups in total. The number of nitrogens with one attached hydrogen (secondary N) is 5. The van der Waals surface area contributed by atoms with Gasteiger partial charge >= 0.3 is 0 Å². The van der Waals surface area contributed by atoms with Gasteiger partial charge in [0.05, 0.1) is 158 Å². The van der Waals surface area contributed by atoms with Crippen LogP contribution in [0.3, 0.4) is 0 Å². The monoisotopic (exact) mass is 1350 g/mol. The van der Waals surface area contributed by atoms with Crippen molar-refractivity contribution in [2.24, 2.45) is 0 Å². The lowest BCUT2D eigenvalue weighted by atomic mass is 10.0. The quantitative estimate of drug-likeness (QED) is 0.0868. The largest absolute Gasteiger partial charge is 0.389 e. The number of amides is 5. The number of benzene rings is 3. The highest BCUT2D eigenvalue weighted by Gasteiger charge is 2.33. The molecule has 6 aliphatic rings. The number of nitriles is 3. The third kappa shape index (κ3) is 13.6. The molecule has 27 nitrogen and oxygen atoms in total. The number of β-amino-alcohol motifs (C(OH)–C–C–N with tert-alkyl or cyclic N) is 1. The van der Waals surface area contributed by atoms with Crippen LogP contribution in [0.1, 0.15) is 104 Å². The van der Waals surface area contributed by atoms with Crippen molar-refractivity contribution in [3.63, 3.8) is 0 Å². The molecular formula is C70H63F3N20O7. The van der Waals surface area contributed by atoms with E-state index in [-0.39, 0.29) is 118 Å². The first-order chi connectivity index (χ1) is 48.4. The highest BCUT2D eigenvalue weighted by Crippen LogP contribution is 2.36. The number of hydrogen-bond acceptors (Lipinski definition) is 19. The van der Waals surface area contributed by atoms with Crippen molar-refractivity contribution in [3.8, 4) is 69.0 Å². The molecule has 9 aromatic rings. The molecule has 12 heterocycles.